The smallest absolute Gasteiger partial charge is 0.202 e. The molecule has 1 saturated carbocycles. The van der Waals surface area contributed by atoms with E-state index in [9.17, 15) is 0 Å². The molecule has 1 fully saturated rings. The molecule has 1 aromatic carbocycles. The molecule has 0 atom stereocenters. The van der Waals surface area contributed by atoms with Crippen molar-refractivity contribution in [1.82, 2.24) is 9.36 Å². The Labute approximate surface area is 109 Å². The first-order valence-corrected chi connectivity index (χ1v) is 6.78. The predicted octanol–water partition coefficient (Wildman–Crippen LogP) is 3.68. The van der Waals surface area contributed by atoms with Crippen LogP contribution in [0.4, 0.5) is 5.13 Å². The van der Waals surface area contributed by atoms with Gasteiger partial charge in [0, 0.05) is 29.0 Å². The normalized spacial score (nSPS) is 14.9. The van der Waals surface area contributed by atoms with Crippen LogP contribution in [0.15, 0.2) is 24.3 Å². The molecule has 1 aliphatic rings. The summed E-state index contributed by atoms with van der Waals surface area (Å²) < 4.78 is 4.35. The van der Waals surface area contributed by atoms with E-state index in [-0.39, 0.29) is 0 Å². The molecule has 2 aromatic rings. The summed E-state index contributed by atoms with van der Waals surface area (Å²) in [5.41, 5.74) is 1.15. The molecule has 5 heteroatoms. The van der Waals surface area contributed by atoms with E-state index in [1.807, 2.05) is 24.3 Å². The highest BCUT2D eigenvalue weighted by molar-refractivity contribution is 7.09. The van der Waals surface area contributed by atoms with Crippen molar-refractivity contribution < 1.29 is 0 Å². The fourth-order valence-electron chi connectivity index (χ4n) is 1.64. The molecule has 0 amide bonds. The van der Waals surface area contributed by atoms with E-state index < -0.39 is 0 Å². The third-order valence-electron chi connectivity index (χ3n) is 2.72. The molecule has 0 saturated heterocycles. The maximum absolute atomic E-state index is 5.93. The highest BCUT2D eigenvalue weighted by Gasteiger charge is 2.27. The van der Waals surface area contributed by atoms with Crippen molar-refractivity contribution in [2.45, 2.75) is 25.3 Å². The Balaban J connectivity index is 1.62. The molecule has 1 N–H and O–H groups in total. The lowest BCUT2D eigenvalue weighted by molar-refractivity contribution is 0.980. The van der Waals surface area contributed by atoms with Crippen molar-refractivity contribution in [3.05, 3.63) is 40.7 Å². The van der Waals surface area contributed by atoms with Gasteiger partial charge in [-0.15, -0.1) is 0 Å². The summed E-state index contributed by atoms with van der Waals surface area (Å²) >= 11 is 7.36. The van der Waals surface area contributed by atoms with Crippen molar-refractivity contribution in [2.24, 2.45) is 0 Å². The number of hydrogen-bond acceptors (Lipinski definition) is 4. The van der Waals surface area contributed by atoms with Crippen molar-refractivity contribution >= 4 is 28.3 Å². The highest BCUT2D eigenvalue weighted by Crippen LogP contribution is 2.39. The third kappa shape index (κ3) is 2.76. The van der Waals surface area contributed by atoms with Gasteiger partial charge in [-0.2, -0.15) is 4.37 Å². The first-order chi connectivity index (χ1) is 8.31. The molecular formula is C12H12ClN3S. The van der Waals surface area contributed by atoms with Gasteiger partial charge in [0.2, 0.25) is 5.13 Å². The van der Waals surface area contributed by atoms with Crippen molar-refractivity contribution in [3.8, 4) is 0 Å². The minimum absolute atomic E-state index is 0.618. The minimum atomic E-state index is 0.618. The second-order valence-electron chi connectivity index (χ2n) is 4.22. The molecule has 3 rings (SSSR count). The quantitative estimate of drug-likeness (QED) is 0.916. The second-order valence-corrected chi connectivity index (χ2v) is 5.40. The molecule has 88 valence electrons. The van der Waals surface area contributed by atoms with Crippen molar-refractivity contribution in [2.75, 3.05) is 5.32 Å². The lowest BCUT2D eigenvalue weighted by Gasteiger charge is -2.02. The summed E-state index contributed by atoms with van der Waals surface area (Å²) in [6, 6.07) is 7.83. The Bertz CT molecular complexity index is 522. The number of benzene rings is 1. The zero-order valence-corrected chi connectivity index (χ0v) is 10.8. The Morgan fingerprint density at radius 1 is 1.41 bits per heavy atom. The fourth-order valence-corrected chi connectivity index (χ4v) is 2.49. The van der Waals surface area contributed by atoms with Gasteiger partial charge in [-0.25, -0.2) is 4.98 Å². The van der Waals surface area contributed by atoms with E-state index in [2.05, 4.69) is 14.7 Å². The maximum Gasteiger partial charge on any atom is 0.202 e. The van der Waals surface area contributed by atoms with Gasteiger partial charge in [0.1, 0.15) is 5.82 Å². The predicted molar refractivity (Wildman–Crippen MR) is 70.7 cm³/mol. The van der Waals surface area contributed by atoms with Gasteiger partial charge >= 0.3 is 0 Å². The van der Waals surface area contributed by atoms with Crippen LogP contribution < -0.4 is 5.32 Å². The standard InChI is InChI=1S/C12H12ClN3S/c13-10-3-1-2-8(6-10)7-14-12-15-11(16-17-12)9-4-5-9/h1-3,6,9H,4-5,7H2,(H,14,15,16). The van der Waals surface area contributed by atoms with Gasteiger partial charge in [-0.05, 0) is 30.5 Å². The Morgan fingerprint density at radius 3 is 3.06 bits per heavy atom. The molecular weight excluding hydrogens is 254 g/mol. The molecule has 0 radical (unpaired) electrons. The van der Waals surface area contributed by atoms with Gasteiger partial charge in [0.25, 0.3) is 0 Å². The van der Waals surface area contributed by atoms with Gasteiger partial charge in [0.05, 0.1) is 0 Å². The summed E-state index contributed by atoms with van der Waals surface area (Å²) in [7, 11) is 0. The average molecular weight is 266 g/mol. The number of nitrogens with one attached hydrogen (secondary N) is 1. The summed E-state index contributed by atoms with van der Waals surface area (Å²) in [6.45, 7) is 0.736. The van der Waals surface area contributed by atoms with E-state index in [0.717, 1.165) is 28.1 Å². The SMILES string of the molecule is Clc1cccc(CNc2nc(C3CC3)ns2)c1. The Morgan fingerprint density at radius 2 is 2.29 bits per heavy atom. The van der Waals surface area contributed by atoms with Crippen LogP contribution in [0.5, 0.6) is 0 Å². The Kier molecular flexibility index (Phi) is 2.99. The third-order valence-corrected chi connectivity index (χ3v) is 3.64. The first kappa shape index (κ1) is 11.0. The monoisotopic (exact) mass is 265 g/mol. The van der Waals surface area contributed by atoms with E-state index in [1.165, 1.54) is 24.4 Å². The molecule has 17 heavy (non-hydrogen) atoms. The lowest BCUT2D eigenvalue weighted by Crippen LogP contribution is -1.98. The number of hydrogen-bond donors (Lipinski definition) is 1. The molecule has 0 spiro atoms. The number of aromatic nitrogens is 2. The van der Waals surface area contributed by atoms with Gasteiger partial charge in [-0.3, -0.25) is 0 Å². The van der Waals surface area contributed by atoms with Crippen LogP contribution in [0.1, 0.15) is 30.1 Å². The number of halogens is 1. The summed E-state index contributed by atoms with van der Waals surface area (Å²) in [6.07, 6.45) is 2.48. The molecule has 1 aromatic heterocycles. The van der Waals surface area contributed by atoms with E-state index >= 15 is 0 Å². The fraction of sp³-hybridized carbons (Fsp3) is 0.333. The van der Waals surface area contributed by atoms with Crippen molar-refractivity contribution in [3.63, 3.8) is 0 Å². The highest BCUT2D eigenvalue weighted by atomic mass is 35.5. The number of nitrogens with zero attached hydrogens (tertiary/aromatic N) is 2. The molecule has 0 bridgehead atoms. The van der Waals surface area contributed by atoms with Gasteiger partial charge < -0.3 is 5.32 Å². The average Bonchev–Trinajstić information content (AvgIpc) is 3.07. The summed E-state index contributed by atoms with van der Waals surface area (Å²) in [5, 5.41) is 4.94. The maximum atomic E-state index is 5.93. The van der Waals surface area contributed by atoms with Crippen LogP contribution in [-0.2, 0) is 6.54 Å². The van der Waals surface area contributed by atoms with Crippen LogP contribution in [0.2, 0.25) is 5.02 Å². The van der Waals surface area contributed by atoms with Crippen LogP contribution in [0.25, 0.3) is 0 Å². The summed E-state index contributed by atoms with van der Waals surface area (Å²) in [5.74, 6) is 1.62. The van der Waals surface area contributed by atoms with Crippen LogP contribution >= 0.6 is 23.1 Å². The Hall–Kier alpha value is -1.13. The van der Waals surface area contributed by atoms with Crippen LogP contribution in [0.3, 0.4) is 0 Å². The number of anilines is 1. The van der Waals surface area contributed by atoms with E-state index in [4.69, 9.17) is 11.6 Å². The molecule has 3 nitrogen and oxygen atoms in total. The molecule has 1 heterocycles. The molecule has 0 unspecified atom stereocenters. The molecule has 1 aliphatic carbocycles. The topological polar surface area (TPSA) is 37.8 Å². The molecule has 0 aliphatic heterocycles. The van der Waals surface area contributed by atoms with Gasteiger partial charge in [0.15, 0.2) is 0 Å². The lowest BCUT2D eigenvalue weighted by atomic mass is 10.2. The first-order valence-electron chi connectivity index (χ1n) is 5.63. The van der Waals surface area contributed by atoms with Crippen molar-refractivity contribution in [1.29, 1.82) is 0 Å². The van der Waals surface area contributed by atoms with E-state index in [0.29, 0.717) is 5.92 Å². The van der Waals surface area contributed by atoms with Crippen LogP contribution in [0, 0.1) is 0 Å². The van der Waals surface area contributed by atoms with Crippen LogP contribution in [-0.4, -0.2) is 9.36 Å². The number of rotatable bonds is 4. The summed E-state index contributed by atoms with van der Waals surface area (Å²) in [4.78, 5) is 4.47. The zero-order valence-electron chi connectivity index (χ0n) is 9.19. The second kappa shape index (κ2) is 4.63. The van der Waals surface area contributed by atoms with E-state index in [1.54, 1.807) is 0 Å². The minimum Gasteiger partial charge on any atom is -0.356 e. The zero-order chi connectivity index (χ0) is 11.7. The largest absolute Gasteiger partial charge is 0.356 e. The van der Waals surface area contributed by atoms with Gasteiger partial charge in [-0.1, -0.05) is 23.7 Å².